The third-order valence-corrected chi connectivity index (χ3v) is 2.26. The zero-order chi connectivity index (χ0) is 10.8. The van der Waals surface area contributed by atoms with E-state index in [2.05, 4.69) is 0 Å². The van der Waals surface area contributed by atoms with Crippen LogP contribution in [0.5, 0.6) is 0 Å². The van der Waals surface area contributed by atoms with Crippen molar-refractivity contribution in [1.29, 1.82) is 0 Å². The molecule has 0 saturated carbocycles. The van der Waals surface area contributed by atoms with Gasteiger partial charge in [-0.25, -0.2) is 0 Å². The van der Waals surface area contributed by atoms with Gasteiger partial charge in [0, 0.05) is 0 Å². The summed E-state index contributed by atoms with van der Waals surface area (Å²) in [6.07, 6.45) is 6.14. The van der Waals surface area contributed by atoms with Crippen molar-refractivity contribution < 1.29 is 14.6 Å². The Balaban J connectivity index is 2.74. The summed E-state index contributed by atoms with van der Waals surface area (Å²) in [6, 6.07) is 0. The molecule has 1 aliphatic carbocycles. The molecule has 0 unspecified atom stereocenters. The summed E-state index contributed by atoms with van der Waals surface area (Å²) in [6.45, 7) is 5.76. The maximum Gasteiger partial charge on any atom is 0.206 e. The Bertz CT molecular complexity index is 271. The second-order valence-electron chi connectivity index (χ2n) is 4.04. The molecule has 0 aliphatic heterocycles. The van der Waals surface area contributed by atoms with Crippen molar-refractivity contribution in [3.8, 4) is 0 Å². The molecular weight excluding hydrogens is 180 g/mol. The molecule has 1 N–H and O–H groups in total. The normalized spacial score (nSPS) is 20.1. The number of hydrogen-bond acceptors (Lipinski definition) is 3. The first kappa shape index (κ1) is 11.1. The molecule has 0 saturated heterocycles. The Morgan fingerprint density at radius 3 is 2.36 bits per heavy atom. The van der Waals surface area contributed by atoms with Crippen LogP contribution in [0.1, 0.15) is 27.2 Å². The van der Waals surface area contributed by atoms with Crippen LogP contribution < -0.4 is 0 Å². The van der Waals surface area contributed by atoms with Gasteiger partial charge in [-0.05, 0) is 44.6 Å². The van der Waals surface area contributed by atoms with Gasteiger partial charge in [0.1, 0.15) is 0 Å². The molecule has 0 heterocycles. The van der Waals surface area contributed by atoms with Gasteiger partial charge in [-0.3, -0.25) is 4.79 Å². The number of ketones is 1. The summed E-state index contributed by atoms with van der Waals surface area (Å²) in [7, 11) is 0. The lowest BCUT2D eigenvalue weighted by Gasteiger charge is -2.33. The van der Waals surface area contributed by atoms with E-state index in [1.165, 1.54) is 24.3 Å². The summed E-state index contributed by atoms with van der Waals surface area (Å²) in [5.41, 5.74) is -0.413. The minimum atomic E-state index is -1.44. The lowest BCUT2D eigenvalue weighted by Crippen LogP contribution is -2.39. The zero-order valence-electron chi connectivity index (χ0n) is 8.78. The van der Waals surface area contributed by atoms with E-state index in [0.29, 0.717) is 0 Å². The average Bonchev–Trinajstić information content (AvgIpc) is 2.10. The fourth-order valence-corrected chi connectivity index (χ4v) is 1.10. The maximum absolute atomic E-state index is 10.8. The number of hydrogen-bond donors (Lipinski definition) is 1. The monoisotopic (exact) mass is 196 g/mol. The van der Waals surface area contributed by atoms with Crippen molar-refractivity contribution in [3.05, 3.63) is 24.3 Å². The highest BCUT2D eigenvalue weighted by molar-refractivity contribution is 6.00. The maximum atomic E-state index is 10.8. The molecule has 0 amide bonds. The van der Waals surface area contributed by atoms with Crippen LogP contribution in [0.3, 0.4) is 0 Å². The lowest BCUT2D eigenvalue weighted by molar-refractivity contribution is -0.199. The van der Waals surface area contributed by atoms with Crippen LogP contribution in [-0.4, -0.2) is 22.3 Å². The van der Waals surface area contributed by atoms with Gasteiger partial charge in [0.25, 0.3) is 0 Å². The average molecular weight is 196 g/mol. The fraction of sp³-hybridized carbons (Fsp3) is 0.545. The molecule has 0 radical (unpaired) electrons. The molecule has 1 rings (SSSR count). The molecule has 78 valence electrons. The van der Waals surface area contributed by atoms with Gasteiger partial charge >= 0.3 is 0 Å². The number of aliphatic hydroxyl groups is 1. The van der Waals surface area contributed by atoms with E-state index >= 15 is 0 Å². The Morgan fingerprint density at radius 2 is 1.93 bits per heavy atom. The van der Waals surface area contributed by atoms with Crippen molar-refractivity contribution in [2.75, 3.05) is 0 Å². The van der Waals surface area contributed by atoms with Gasteiger partial charge in [-0.1, -0.05) is 6.92 Å². The van der Waals surface area contributed by atoms with Gasteiger partial charge in [0.15, 0.2) is 5.78 Å². The predicted molar refractivity (Wildman–Crippen MR) is 53.7 cm³/mol. The first-order valence-corrected chi connectivity index (χ1v) is 4.72. The third-order valence-electron chi connectivity index (χ3n) is 2.26. The standard InChI is InChI=1S/C11H16O3/c1-4-10(2,3)14-11(13)7-5-9(12)6-8-11/h5-8,13H,4H2,1-3H3. The first-order chi connectivity index (χ1) is 6.37. The summed E-state index contributed by atoms with van der Waals surface area (Å²) in [4.78, 5) is 10.8. The van der Waals surface area contributed by atoms with Gasteiger partial charge in [-0.15, -0.1) is 0 Å². The Kier molecular flexibility index (Phi) is 2.92. The summed E-state index contributed by atoms with van der Waals surface area (Å²) in [5.74, 6) is -1.57. The van der Waals surface area contributed by atoms with Gasteiger partial charge in [0.05, 0.1) is 5.60 Å². The van der Waals surface area contributed by atoms with Gasteiger partial charge in [-0.2, -0.15) is 0 Å². The van der Waals surface area contributed by atoms with E-state index in [4.69, 9.17) is 4.74 Å². The summed E-state index contributed by atoms with van der Waals surface area (Å²) < 4.78 is 5.49. The Labute approximate surface area is 84.1 Å². The topological polar surface area (TPSA) is 46.5 Å². The number of carbonyl (C=O) groups excluding carboxylic acids is 1. The molecule has 0 spiro atoms. The van der Waals surface area contributed by atoms with E-state index in [1.807, 2.05) is 20.8 Å². The second-order valence-corrected chi connectivity index (χ2v) is 4.04. The number of carbonyl (C=O) groups is 1. The largest absolute Gasteiger partial charge is 0.359 e. The molecule has 0 aromatic heterocycles. The minimum absolute atomic E-state index is 0.132. The van der Waals surface area contributed by atoms with Crippen molar-refractivity contribution in [2.45, 2.75) is 38.6 Å². The zero-order valence-corrected chi connectivity index (χ0v) is 8.78. The van der Waals surface area contributed by atoms with E-state index in [0.717, 1.165) is 6.42 Å². The number of allylic oxidation sites excluding steroid dienone is 2. The van der Waals surface area contributed by atoms with E-state index < -0.39 is 11.4 Å². The molecule has 3 nitrogen and oxygen atoms in total. The van der Waals surface area contributed by atoms with E-state index in [1.54, 1.807) is 0 Å². The highest BCUT2D eigenvalue weighted by Crippen LogP contribution is 2.25. The molecule has 14 heavy (non-hydrogen) atoms. The van der Waals surface area contributed by atoms with Crippen molar-refractivity contribution in [3.63, 3.8) is 0 Å². The minimum Gasteiger partial charge on any atom is -0.359 e. The van der Waals surface area contributed by atoms with E-state index in [9.17, 15) is 9.90 Å². The lowest BCUT2D eigenvalue weighted by atomic mass is 10.0. The fourth-order valence-electron chi connectivity index (χ4n) is 1.10. The molecule has 3 heteroatoms. The second kappa shape index (κ2) is 3.67. The molecular formula is C11H16O3. The summed E-state index contributed by atoms with van der Waals surface area (Å²) >= 11 is 0. The molecule has 0 fully saturated rings. The van der Waals surface area contributed by atoms with Crippen LogP contribution in [0, 0.1) is 0 Å². The molecule has 0 aromatic carbocycles. The number of ether oxygens (including phenoxy) is 1. The van der Waals surface area contributed by atoms with Gasteiger partial charge < -0.3 is 9.84 Å². The molecule has 0 atom stereocenters. The molecule has 0 aromatic rings. The van der Waals surface area contributed by atoms with Gasteiger partial charge in [0.2, 0.25) is 5.79 Å². The van der Waals surface area contributed by atoms with Crippen molar-refractivity contribution in [2.24, 2.45) is 0 Å². The van der Waals surface area contributed by atoms with Crippen molar-refractivity contribution in [1.82, 2.24) is 0 Å². The molecule has 0 bridgehead atoms. The SMILES string of the molecule is CCC(C)(C)OC1(O)C=CC(=O)C=C1. The highest BCUT2D eigenvalue weighted by atomic mass is 16.6. The quantitative estimate of drug-likeness (QED) is 0.697. The van der Waals surface area contributed by atoms with Crippen LogP contribution in [0.25, 0.3) is 0 Å². The smallest absolute Gasteiger partial charge is 0.206 e. The van der Waals surface area contributed by atoms with Crippen LogP contribution in [0.4, 0.5) is 0 Å². The predicted octanol–water partition coefficient (Wildman–Crippen LogP) is 1.58. The Hall–Kier alpha value is -0.930. The number of rotatable bonds is 3. The van der Waals surface area contributed by atoms with E-state index in [-0.39, 0.29) is 5.78 Å². The Morgan fingerprint density at radius 1 is 1.43 bits per heavy atom. The first-order valence-electron chi connectivity index (χ1n) is 4.72. The highest BCUT2D eigenvalue weighted by Gasteiger charge is 2.31. The van der Waals surface area contributed by atoms with Crippen LogP contribution in [-0.2, 0) is 9.53 Å². The third kappa shape index (κ3) is 2.79. The van der Waals surface area contributed by atoms with Crippen LogP contribution >= 0.6 is 0 Å². The van der Waals surface area contributed by atoms with Crippen molar-refractivity contribution >= 4 is 5.78 Å². The van der Waals surface area contributed by atoms with Crippen LogP contribution in [0.15, 0.2) is 24.3 Å². The van der Waals surface area contributed by atoms with Crippen LogP contribution in [0.2, 0.25) is 0 Å². The summed E-state index contributed by atoms with van der Waals surface area (Å²) in [5, 5.41) is 9.91. The molecule has 1 aliphatic rings.